The Morgan fingerprint density at radius 2 is 1.59 bits per heavy atom. The minimum Gasteiger partial charge on any atom is -0.394 e. The fourth-order valence-electron chi connectivity index (χ4n) is 4.27. The van der Waals surface area contributed by atoms with E-state index < -0.39 is 24.5 Å². The molecule has 3 aromatic carbocycles. The lowest BCUT2D eigenvalue weighted by Gasteiger charge is -2.20. The number of anilines is 1. The Morgan fingerprint density at radius 1 is 0.906 bits per heavy atom. The molecule has 1 aliphatic rings. The van der Waals surface area contributed by atoms with Crippen molar-refractivity contribution in [3.8, 4) is 11.1 Å². The van der Waals surface area contributed by atoms with Crippen molar-refractivity contribution < 1.29 is 14.7 Å². The van der Waals surface area contributed by atoms with Gasteiger partial charge in [-0.05, 0) is 46.5 Å². The molecule has 158 valence electrons. The summed E-state index contributed by atoms with van der Waals surface area (Å²) in [6.07, 6.45) is 1.71. The number of nitrogens with zero attached hydrogens (tertiary/aromatic N) is 1. The summed E-state index contributed by atoms with van der Waals surface area (Å²) in [6, 6.07) is 23.5. The molecule has 0 bridgehead atoms. The van der Waals surface area contributed by atoms with Crippen molar-refractivity contribution in [3.63, 3.8) is 0 Å². The zero-order valence-electron chi connectivity index (χ0n) is 17.2. The van der Waals surface area contributed by atoms with Gasteiger partial charge in [0.1, 0.15) is 6.04 Å². The first kappa shape index (κ1) is 19.9. The molecule has 4 aromatic rings. The zero-order valence-corrected chi connectivity index (χ0v) is 17.2. The lowest BCUT2D eigenvalue weighted by molar-refractivity contribution is -0.127. The lowest BCUT2D eigenvalue weighted by atomic mass is 9.95. The van der Waals surface area contributed by atoms with Crippen LogP contribution in [0.15, 0.2) is 85.1 Å². The van der Waals surface area contributed by atoms with Crippen LogP contribution in [0.2, 0.25) is 0 Å². The standard InChI is InChI=1S/C26H21N3O3/c30-15-23(25(31)28-17-11-12-22-16(14-17)6-5-13-27-22)29-26(32)24-20-9-3-1-7-18(20)19-8-2-4-10-21(19)24/h1-14,23-24,30H,15H2,(H,28,31)(H,29,32). The van der Waals surface area contributed by atoms with E-state index in [4.69, 9.17) is 0 Å². The topological polar surface area (TPSA) is 91.3 Å². The molecular formula is C26H21N3O3. The molecule has 1 unspecified atom stereocenters. The van der Waals surface area contributed by atoms with Crippen LogP contribution < -0.4 is 10.6 Å². The van der Waals surface area contributed by atoms with Crippen LogP contribution in [0.4, 0.5) is 5.69 Å². The van der Waals surface area contributed by atoms with Crippen molar-refractivity contribution in [3.05, 3.63) is 96.2 Å². The molecule has 0 saturated carbocycles. The first-order valence-corrected chi connectivity index (χ1v) is 10.4. The maximum absolute atomic E-state index is 13.3. The highest BCUT2D eigenvalue weighted by atomic mass is 16.3. The second-order valence-electron chi connectivity index (χ2n) is 7.75. The first-order valence-electron chi connectivity index (χ1n) is 10.4. The second kappa shape index (κ2) is 8.24. The monoisotopic (exact) mass is 423 g/mol. The number of rotatable bonds is 5. The Hall–Kier alpha value is -4.03. The van der Waals surface area contributed by atoms with Gasteiger partial charge in [-0.2, -0.15) is 0 Å². The number of aromatic nitrogens is 1. The average molecular weight is 423 g/mol. The van der Waals surface area contributed by atoms with Gasteiger partial charge in [0.15, 0.2) is 0 Å². The molecule has 5 rings (SSSR count). The van der Waals surface area contributed by atoms with Crippen LogP contribution in [0.25, 0.3) is 22.0 Å². The summed E-state index contributed by atoms with van der Waals surface area (Å²) >= 11 is 0. The van der Waals surface area contributed by atoms with Crippen molar-refractivity contribution >= 4 is 28.4 Å². The number of benzene rings is 3. The van der Waals surface area contributed by atoms with E-state index in [1.165, 1.54) is 0 Å². The van der Waals surface area contributed by atoms with E-state index in [0.717, 1.165) is 33.2 Å². The van der Waals surface area contributed by atoms with Gasteiger partial charge in [0, 0.05) is 17.3 Å². The van der Waals surface area contributed by atoms with Gasteiger partial charge in [0.05, 0.1) is 18.0 Å². The third kappa shape index (κ3) is 3.50. The first-order chi connectivity index (χ1) is 15.7. The normalized spacial score (nSPS) is 13.3. The summed E-state index contributed by atoms with van der Waals surface area (Å²) in [4.78, 5) is 30.3. The third-order valence-electron chi connectivity index (χ3n) is 5.78. The minimum absolute atomic E-state index is 0.320. The highest BCUT2D eigenvalue weighted by Gasteiger charge is 2.35. The van der Waals surface area contributed by atoms with Gasteiger partial charge in [0.2, 0.25) is 11.8 Å². The molecule has 1 atom stereocenters. The van der Waals surface area contributed by atoms with E-state index in [2.05, 4.69) is 15.6 Å². The quantitative estimate of drug-likeness (QED) is 0.458. The molecule has 1 aliphatic carbocycles. The summed E-state index contributed by atoms with van der Waals surface area (Å²) in [5, 5.41) is 16.2. The Labute approximate surface area is 184 Å². The van der Waals surface area contributed by atoms with E-state index in [1.54, 1.807) is 18.3 Å². The van der Waals surface area contributed by atoms with Gasteiger partial charge in [-0.15, -0.1) is 0 Å². The number of nitrogens with one attached hydrogen (secondary N) is 2. The molecule has 6 nitrogen and oxygen atoms in total. The molecule has 0 saturated heterocycles. The minimum atomic E-state index is -1.08. The molecule has 0 fully saturated rings. The molecule has 2 amide bonds. The number of carbonyl (C=O) groups excluding carboxylic acids is 2. The molecule has 32 heavy (non-hydrogen) atoms. The van der Waals surface area contributed by atoms with Crippen LogP contribution in [0.5, 0.6) is 0 Å². The average Bonchev–Trinajstić information content (AvgIpc) is 3.17. The van der Waals surface area contributed by atoms with E-state index in [-0.39, 0.29) is 5.91 Å². The fourth-order valence-corrected chi connectivity index (χ4v) is 4.27. The Kier molecular flexibility index (Phi) is 5.13. The number of hydrogen-bond acceptors (Lipinski definition) is 4. The smallest absolute Gasteiger partial charge is 0.249 e. The number of carbonyl (C=O) groups is 2. The van der Waals surface area contributed by atoms with Crippen LogP contribution in [-0.2, 0) is 9.59 Å². The van der Waals surface area contributed by atoms with Crippen LogP contribution in [-0.4, -0.2) is 34.6 Å². The van der Waals surface area contributed by atoms with E-state index in [0.29, 0.717) is 5.69 Å². The maximum Gasteiger partial charge on any atom is 0.249 e. The number of amides is 2. The predicted octanol–water partition coefficient (Wildman–Crippen LogP) is 3.46. The molecule has 0 spiro atoms. The van der Waals surface area contributed by atoms with Crippen molar-refractivity contribution in [2.24, 2.45) is 0 Å². The summed E-state index contributed by atoms with van der Waals surface area (Å²) < 4.78 is 0. The van der Waals surface area contributed by atoms with Gasteiger partial charge >= 0.3 is 0 Å². The highest BCUT2D eigenvalue weighted by Crippen LogP contribution is 2.44. The predicted molar refractivity (Wildman–Crippen MR) is 123 cm³/mol. The van der Waals surface area contributed by atoms with Crippen LogP contribution in [0, 0.1) is 0 Å². The largest absolute Gasteiger partial charge is 0.394 e. The maximum atomic E-state index is 13.3. The molecule has 6 heteroatoms. The molecule has 0 aliphatic heterocycles. The third-order valence-corrected chi connectivity index (χ3v) is 5.78. The van der Waals surface area contributed by atoms with Gasteiger partial charge in [0.25, 0.3) is 0 Å². The van der Waals surface area contributed by atoms with Gasteiger partial charge < -0.3 is 15.7 Å². The summed E-state index contributed by atoms with van der Waals surface area (Å²) in [7, 11) is 0. The van der Waals surface area contributed by atoms with Crippen LogP contribution in [0.3, 0.4) is 0 Å². The van der Waals surface area contributed by atoms with Gasteiger partial charge in [-0.1, -0.05) is 54.6 Å². The van der Waals surface area contributed by atoms with Crippen molar-refractivity contribution in [1.82, 2.24) is 10.3 Å². The van der Waals surface area contributed by atoms with Crippen LogP contribution >= 0.6 is 0 Å². The number of aliphatic hydroxyl groups excluding tert-OH is 1. The summed E-state index contributed by atoms with van der Waals surface area (Å²) in [6.45, 7) is -0.511. The number of fused-ring (bicyclic) bond motifs is 4. The van der Waals surface area contributed by atoms with Gasteiger partial charge in [-0.25, -0.2) is 0 Å². The second-order valence-corrected chi connectivity index (χ2v) is 7.75. The zero-order chi connectivity index (χ0) is 22.1. The summed E-state index contributed by atoms with van der Waals surface area (Å²) in [5.74, 6) is -1.33. The molecule has 1 aromatic heterocycles. The van der Waals surface area contributed by atoms with Crippen molar-refractivity contribution in [2.75, 3.05) is 11.9 Å². The van der Waals surface area contributed by atoms with E-state index >= 15 is 0 Å². The van der Waals surface area contributed by atoms with Crippen molar-refractivity contribution in [1.29, 1.82) is 0 Å². The SMILES string of the molecule is O=C(Nc1ccc2ncccc2c1)C(CO)NC(=O)C1c2ccccc2-c2ccccc21. The fraction of sp³-hybridized carbons (Fsp3) is 0.115. The Balaban J connectivity index is 1.36. The molecule has 3 N–H and O–H groups in total. The Bertz CT molecular complexity index is 1290. The number of hydrogen-bond donors (Lipinski definition) is 3. The number of pyridine rings is 1. The lowest BCUT2D eigenvalue weighted by Crippen LogP contribution is -2.47. The van der Waals surface area contributed by atoms with E-state index in [1.807, 2.05) is 66.7 Å². The Morgan fingerprint density at radius 3 is 2.28 bits per heavy atom. The van der Waals surface area contributed by atoms with Gasteiger partial charge in [-0.3, -0.25) is 14.6 Å². The van der Waals surface area contributed by atoms with Crippen LogP contribution in [0.1, 0.15) is 17.0 Å². The molecule has 0 radical (unpaired) electrons. The highest BCUT2D eigenvalue weighted by molar-refractivity contribution is 6.02. The molecule has 1 heterocycles. The summed E-state index contributed by atoms with van der Waals surface area (Å²) in [5.41, 5.74) is 5.20. The molecular weight excluding hydrogens is 402 g/mol. The van der Waals surface area contributed by atoms with E-state index in [9.17, 15) is 14.7 Å². The van der Waals surface area contributed by atoms with Crippen molar-refractivity contribution in [2.45, 2.75) is 12.0 Å². The number of aliphatic hydroxyl groups is 1.